The second kappa shape index (κ2) is 11.0. The molecule has 0 radical (unpaired) electrons. The highest BCUT2D eigenvalue weighted by Gasteiger charge is 2.31. The molecule has 1 aromatic rings. The molecule has 2 atom stereocenters. The first-order valence-corrected chi connectivity index (χ1v) is 11.2. The molecule has 0 aliphatic carbocycles. The van der Waals surface area contributed by atoms with Crippen molar-refractivity contribution in [2.45, 2.75) is 31.9 Å². The van der Waals surface area contributed by atoms with E-state index in [9.17, 15) is 4.79 Å². The smallest absolute Gasteiger partial charge is 0.251 e. The summed E-state index contributed by atoms with van der Waals surface area (Å²) < 4.78 is 5.56. The third-order valence-corrected chi connectivity index (χ3v) is 5.97. The Kier molecular flexibility index (Phi) is 8.36. The largest absolute Gasteiger partial charge is 0.368 e. The summed E-state index contributed by atoms with van der Waals surface area (Å²) in [4.78, 5) is 23.9. The fourth-order valence-electron chi connectivity index (χ4n) is 3.97. The van der Waals surface area contributed by atoms with Gasteiger partial charge in [0.25, 0.3) is 5.91 Å². The number of benzene rings is 1. The number of hydrogen-bond donors (Lipinski definition) is 1. The molecule has 2 aliphatic rings. The van der Waals surface area contributed by atoms with Gasteiger partial charge < -0.3 is 24.8 Å². The number of nitrogens with zero attached hydrogens (tertiary/aromatic N) is 4. The van der Waals surface area contributed by atoms with Crippen LogP contribution in [-0.2, 0) is 9.53 Å². The zero-order chi connectivity index (χ0) is 21.5. The van der Waals surface area contributed by atoms with Crippen molar-refractivity contribution in [1.82, 2.24) is 20.0 Å². The molecular weight excluding hydrogens is 402 g/mol. The van der Waals surface area contributed by atoms with Gasteiger partial charge in [-0.15, -0.1) is 0 Å². The third-order valence-electron chi connectivity index (χ3n) is 5.72. The van der Waals surface area contributed by atoms with Gasteiger partial charge in [0.15, 0.2) is 5.96 Å². The number of rotatable bonds is 6. The minimum absolute atomic E-state index is 0.143. The Hall–Kier alpha value is -1.83. The molecule has 2 saturated heterocycles. The topological polar surface area (TPSA) is 60.4 Å². The number of aliphatic imine (C=N–C) groups is 1. The first-order valence-electron chi connectivity index (χ1n) is 10.8. The minimum atomic E-state index is -0.237. The highest BCUT2D eigenvalue weighted by Crippen LogP contribution is 2.21. The molecule has 1 amide bonds. The van der Waals surface area contributed by atoms with Crippen molar-refractivity contribution >= 4 is 23.5 Å². The van der Waals surface area contributed by atoms with E-state index in [4.69, 9.17) is 21.3 Å². The Morgan fingerprint density at radius 2 is 1.90 bits per heavy atom. The number of amides is 1. The zero-order valence-corrected chi connectivity index (χ0v) is 19.1. The van der Waals surface area contributed by atoms with Crippen LogP contribution in [0.4, 0.5) is 0 Å². The molecule has 0 spiro atoms. The lowest BCUT2D eigenvalue weighted by Crippen LogP contribution is -2.55. The molecule has 2 unspecified atom stereocenters. The Morgan fingerprint density at radius 3 is 2.47 bits per heavy atom. The summed E-state index contributed by atoms with van der Waals surface area (Å²) in [5, 5.41) is 4.15. The Bertz CT molecular complexity index is 711. The number of halogens is 1. The molecule has 0 bridgehead atoms. The van der Waals surface area contributed by atoms with Crippen LogP contribution in [0.15, 0.2) is 29.3 Å². The summed E-state index contributed by atoms with van der Waals surface area (Å²) >= 11 is 6.05. The Balaban J connectivity index is 1.62. The van der Waals surface area contributed by atoms with E-state index in [1.807, 2.05) is 17.0 Å². The minimum Gasteiger partial charge on any atom is -0.368 e. The number of carbonyl (C=O) groups excluding carboxylic acids is 1. The van der Waals surface area contributed by atoms with Crippen LogP contribution in [0, 0.1) is 0 Å². The maximum atomic E-state index is 12.6. The third kappa shape index (κ3) is 5.86. The van der Waals surface area contributed by atoms with Crippen molar-refractivity contribution in [2.75, 3.05) is 60.0 Å². The van der Waals surface area contributed by atoms with Crippen LogP contribution in [0.1, 0.15) is 31.4 Å². The van der Waals surface area contributed by atoms with Crippen LogP contribution in [0.3, 0.4) is 0 Å². The van der Waals surface area contributed by atoms with E-state index in [0.717, 1.165) is 43.5 Å². The van der Waals surface area contributed by atoms with Crippen LogP contribution < -0.4 is 5.32 Å². The molecule has 1 aromatic carbocycles. The van der Waals surface area contributed by atoms with E-state index in [0.29, 0.717) is 26.2 Å². The van der Waals surface area contributed by atoms with E-state index in [-0.39, 0.29) is 18.1 Å². The standard InChI is InChI=1S/C22H34ClN5O2/c1-4-24-22(25-16-19(26(2)3)17-7-9-18(23)10-8-17)28-13-11-27(12-14-28)21(29)20-6-5-15-30-20/h7-10,19-20H,4-6,11-16H2,1-3H3,(H,24,25). The van der Waals surface area contributed by atoms with Crippen LogP contribution in [0.5, 0.6) is 0 Å². The number of carbonyl (C=O) groups is 1. The average molecular weight is 436 g/mol. The van der Waals surface area contributed by atoms with Crippen LogP contribution in [0.2, 0.25) is 5.02 Å². The first-order chi connectivity index (χ1) is 14.5. The predicted molar refractivity (Wildman–Crippen MR) is 121 cm³/mol. The molecular formula is C22H34ClN5O2. The molecule has 3 rings (SSSR count). The molecule has 0 saturated carbocycles. The molecule has 7 nitrogen and oxygen atoms in total. The summed E-state index contributed by atoms with van der Waals surface area (Å²) in [6.07, 6.45) is 1.59. The number of hydrogen-bond acceptors (Lipinski definition) is 4. The monoisotopic (exact) mass is 435 g/mol. The summed E-state index contributed by atoms with van der Waals surface area (Å²) in [5.41, 5.74) is 1.19. The van der Waals surface area contributed by atoms with Gasteiger partial charge >= 0.3 is 0 Å². The van der Waals surface area contributed by atoms with E-state index in [2.05, 4.69) is 48.3 Å². The molecule has 166 valence electrons. The maximum absolute atomic E-state index is 12.6. The normalized spacial score (nSPS) is 21.2. The van der Waals surface area contributed by atoms with E-state index in [1.165, 1.54) is 5.56 Å². The number of likely N-dealkylation sites (N-methyl/N-ethyl adjacent to an activating group) is 1. The van der Waals surface area contributed by atoms with Crippen molar-refractivity contribution in [3.05, 3.63) is 34.9 Å². The fourth-order valence-corrected chi connectivity index (χ4v) is 4.09. The van der Waals surface area contributed by atoms with Crippen molar-refractivity contribution in [2.24, 2.45) is 4.99 Å². The van der Waals surface area contributed by atoms with Crippen molar-refractivity contribution in [3.63, 3.8) is 0 Å². The molecule has 1 N–H and O–H groups in total. The Labute approximate surface area is 185 Å². The van der Waals surface area contributed by atoms with Gasteiger partial charge in [-0.3, -0.25) is 9.79 Å². The molecule has 0 aromatic heterocycles. The van der Waals surface area contributed by atoms with Gasteiger partial charge in [0.1, 0.15) is 6.10 Å². The fraction of sp³-hybridized carbons (Fsp3) is 0.636. The lowest BCUT2D eigenvalue weighted by molar-refractivity contribution is -0.142. The summed E-state index contributed by atoms with van der Waals surface area (Å²) in [5.74, 6) is 1.05. The van der Waals surface area contributed by atoms with Crippen molar-refractivity contribution in [1.29, 1.82) is 0 Å². The molecule has 30 heavy (non-hydrogen) atoms. The van der Waals surface area contributed by atoms with Gasteiger partial charge in [-0.25, -0.2) is 0 Å². The van der Waals surface area contributed by atoms with Crippen LogP contribution in [0.25, 0.3) is 0 Å². The van der Waals surface area contributed by atoms with E-state index < -0.39 is 0 Å². The number of guanidine groups is 1. The predicted octanol–water partition coefficient (Wildman–Crippen LogP) is 2.23. The van der Waals surface area contributed by atoms with Crippen LogP contribution in [-0.4, -0.2) is 92.6 Å². The van der Waals surface area contributed by atoms with E-state index >= 15 is 0 Å². The average Bonchev–Trinajstić information content (AvgIpc) is 3.29. The number of nitrogens with one attached hydrogen (secondary N) is 1. The van der Waals surface area contributed by atoms with Crippen molar-refractivity contribution in [3.8, 4) is 0 Å². The maximum Gasteiger partial charge on any atom is 0.251 e. The number of ether oxygens (including phenoxy) is 1. The summed E-state index contributed by atoms with van der Waals surface area (Å²) in [7, 11) is 4.13. The lowest BCUT2D eigenvalue weighted by atomic mass is 10.1. The quantitative estimate of drug-likeness (QED) is 0.548. The highest BCUT2D eigenvalue weighted by atomic mass is 35.5. The van der Waals surface area contributed by atoms with E-state index in [1.54, 1.807) is 0 Å². The second-order valence-electron chi connectivity index (χ2n) is 8.04. The Morgan fingerprint density at radius 1 is 1.23 bits per heavy atom. The SMILES string of the molecule is CCNC(=NCC(c1ccc(Cl)cc1)N(C)C)N1CCN(C(=O)C2CCCO2)CC1. The number of piperazine rings is 1. The summed E-state index contributed by atoms with van der Waals surface area (Å²) in [6.45, 7) is 7.20. The molecule has 2 fully saturated rings. The summed E-state index contributed by atoms with van der Waals surface area (Å²) in [6, 6.07) is 8.13. The van der Waals surface area contributed by atoms with Crippen molar-refractivity contribution < 1.29 is 9.53 Å². The molecule has 2 aliphatic heterocycles. The van der Waals surface area contributed by atoms with Crippen LogP contribution >= 0.6 is 11.6 Å². The van der Waals surface area contributed by atoms with Gasteiger partial charge in [-0.2, -0.15) is 0 Å². The molecule has 8 heteroatoms. The van der Waals surface area contributed by atoms with Gasteiger partial charge in [0.2, 0.25) is 0 Å². The second-order valence-corrected chi connectivity index (χ2v) is 8.48. The van der Waals surface area contributed by atoms with Gasteiger partial charge in [0, 0.05) is 44.4 Å². The highest BCUT2D eigenvalue weighted by molar-refractivity contribution is 6.30. The van der Waals surface area contributed by atoms with Gasteiger partial charge in [-0.05, 0) is 51.6 Å². The zero-order valence-electron chi connectivity index (χ0n) is 18.3. The molecule has 2 heterocycles. The van der Waals surface area contributed by atoms with Gasteiger partial charge in [-0.1, -0.05) is 23.7 Å². The van der Waals surface area contributed by atoms with Gasteiger partial charge in [0.05, 0.1) is 12.6 Å². The lowest BCUT2D eigenvalue weighted by Gasteiger charge is -2.37. The first kappa shape index (κ1) is 22.8.